The molecule has 4 fully saturated rings. The molecule has 2 bridgehead atoms. The van der Waals surface area contributed by atoms with Crippen molar-refractivity contribution in [1.82, 2.24) is 0 Å². The fourth-order valence-corrected chi connectivity index (χ4v) is 5.88. The summed E-state index contributed by atoms with van der Waals surface area (Å²) in [7, 11) is -0.0390. The normalized spacial score (nSPS) is 41.4. The number of para-hydroxylation sites is 1. The first-order valence-corrected chi connectivity index (χ1v) is 9.53. The predicted octanol–water partition coefficient (Wildman–Crippen LogP) is 4.28. The zero-order chi connectivity index (χ0) is 16.5. The lowest BCUT2D eigenvalue weighted by Crippen LogP contribution is -2.65. The molecule has 24 heavy (non-hydrogen) atoms. The number of rotatable bonds is 3. The van der Waals surface area contributed by atoms with E-state index in [4.69, 9.17) is 14.0 Å². The van der Waals surface area contributed by atoms with Crippen molar-refractivity contribution in [1.29, 1.82) is 0 Å². The number of benzene rings is 1. The largest absolute Gasteiger partial charge is 0.493 e. The van der Waals surface area contributed by atoms with Crippen LogP contribution in [0, 0.1) is 17.3 Å². The Kier molecular flexibility index (Phi) is 3.19. The van der Waals surface area contributed by atoms with Gasteiger partial charge in [-0.05, 0) is 55.8 Å². The van der Waals surface area contributed by atoms with E-state index in [0.717, 1.165) is 31.0 Å². The van der Waals surface area contributed by atoms with Gasteiger partial charge in [-0.25, -0.2) is 0 Å². The molecular weight excluding hydrogens is 299 g/mol. The minimum Gasteiger partial charge on any atom is -0.493 e. The van der Waals surface area contributed by atoms with E-state index in [0.29, 0.717) is 23.4 Å². The zero-order valence-corrected chi connectivity index (χ0v) is 15.0. The molecule has 0 amide bonds. The van der Waals surface area contributed by atoms with E-state index in [2.05, 4.69) is 39.0 Å². The highest BCUT2D eigenvalue weighted by molar-refractivity contribution is 6.45. The molecule has 3 saturated carbocycles. The van der Waals surface area contributed by atoms with Gasteiger partial charge in [-0.1, -0.05) is 32.0 Å². The summed E-state index contributed by atoms with van der Waals surface area (Å²) in [5, 5.41) is 0. The van der Waals surface area contributed by atoms with Gasteiger partial charge in [-0.2, -0.15) is 0 Å². The molecule has 4 heteroatoms. The summed E-state index contributed by atoms with van der Waals surface area (Å²) in [4.78, 5) is 0. The molecule has 2 aliphatic heterocycles. The van der Waals surface area contributed by atoms with E-state index in [1.54, 1.807) is 0 Å². The minimum atomic E-state index is -0.0764. The van der Waals surface area contributed by atoms with Gasteiger partial charge in [0, 0.05) is 11.5 Å². The van der Waals surface area contributed by atoms with E-state index in [-0.39, 0.29) is 12.7 Å². The van der Waals surface area contributed by atoms with E-state index < -0.39 is 0 Å². The first-order valence-electron chi connectivity index (χ1n) is 9.53. The average Bonchev–Trinajstić information content (AvgIpc) is 3.12. The van der Waals surface area contributed by atoms with Gasteiger partial charge in [0.2, 0.25) is 0 Å². The lowest BCUT2D eigenvalue weighted by atomic mass is 9.43. The van der Waals surface area contributed by atoms with Gasteiger partial charge in [0.15, 0.2) is 0 Å². The summed E-state index contributed by atoms with van der Waals surface area (Å²) in [6.45, 7) is 7.92. The van der Waals surface area contributed by atoms with Crippen molar-refractivity contribution in [3.8, 4) is 5.75 Å². The van der Waals surface area contributed by atoms with Crippen LogP contribution in [0.5, 0.6) is 5.75 Å². The van der Waals surface area contributed by atoms with Crippen molar-refractivity contribution in [2.75, 3.05) is 6.61 Å². The fraction of sp³-hybridized carbons (Fsp3) is 0.700. The van der Waals surface area contributed by atoms with E-state index >= 15 is 0 Å². The molecule has 3 nitrogen and oxygen atoms in total. The van der Waals surface area contributed by atoms with Gasteiger partial charge in [0.05, 0.1) is 18.3 Å². The Bertz CT molecular complexity index is 660. The summed E-state index contributed by atoms with van der Waals surface area (Å²) in [6.07, 6.45) is 4.83. The third-order valence-corrected chi connectivity index (χ3v) is 7.55. The van der Waals surface area contributed by atoms with E-state index in [9.17, 15) is 0 Å². The molecule has 5 aliphatic rings. The van der Waals surface area contributed by atoms with Crippen LogP contribution in [0.1, 0.15) is 51.5 Å². The summed E-state index contributed by atoms with van der Waals surface area (Å²) in [5.74, 6) is 3.00. The van der Waals surface area contributed by atoms with Crippen LogP contribution in [0.25, 0.3) is 0 Å². The van der Waals surface area contributed by atoms with E-state index in [1.807, 2.05) is 6.07 Å². The molecule has 2 heterocycles. The monoisotopic (exact) mass is 326 g/mol. The van der Waals surface area contributed by atoms with Crippen LogP contribution in [-0.2, 0) is 9.31 Å². The molecule has 5 atom stereocenters. The molecule has 3 aliphatic carbocycles. The summed E-state index contributed by atoms with van der Waals surface area (Å²) in [5.41, 5.74) is 1.69. The molecule has 0 aromatic heterocycles. The molecular formula is C20H27BO3. The van der Waals surface area contributed by atoms with Crippen LogP contribution >= 0.6 is 0 Å². The molecule has 1 aromatic carbocycles. The molecule has 1 saturated heterocycles. The smallest absolute Gasteiger partial charge is 0.457 e. The first-order chi connectivity index (χ1) is 11.5. The second kappa shape index (κ2) is 5.01. The van der Waals surface area contributed by atoms with Gasteiger partial charge in [-0.3, -0.25) is 0 Å². The number of hydrogen-bond acceptors (Lipinski definition) is 3. The van der Waals surface area contributed by atoms with Gasteiger partial charge in [0.1, 0.15) is 5.75 Å². The van der Waals surface area contributed by atoms with Crippen molar-refractivity contribution in [3.63, 3.8) is 0 Å². The Labute approximate surface area is 145 Å². The first kappa shape index (κ1) is 15.3. The lowest BCUT2D eigenvalue weighted by molar-refractivity contribution is -0.199. The van der Waals surface area contributed by atoms with Crippen LogP contribution in [0.4, 0.5) is 0 Å². The van der Waals surface area contributed by atoms with Crippen molar-refractivity contribution >= 4 is 7.12 Å². The van der Waals surface area contributed by atoms with Crippen molar-refractivity contribution in [2.45, 2.75) is 64.0 Å². The standard InChI is InChI=1S/C20H27BO3/c1-19(2)14-10-17(19)20(3)18(11-14)23-21(24-20)9-8-13-12-22-16-7-5-4-6-15(13)16/h4-7,13-14,17-18H,8-12H2,1-3H3/t13?,14?,17?,18?,20-/m0/s1. The Morgan fingerprint density at radius 1 is 1.17 bits per heavy atom. The highest BCUT2D eigenvalue weighted by Gasteiger charge is 2.67. The Hall–Kier alpha value is -0.995. The molecule has 0 N–H and O–H groups in total. The number of ether oxygens (including phenoxy) is 1. The lowest BCUT2D eigenvalue weighted by Gasteiger charge is -2.64. The van der Waals surface area contributed by atoms with Crippen LogP contribution in [0.3, 0.4) is 0 Å². The summed E-state index contributed by atoms with van der Waals surface area (Å²) in [6, 6.07) is 8.42. The number of fused-ring (bicyclic) bond motifs is 1. The maximum atomic E-state index is 6.52. The van der Waals surface area contributed by atoms with Crippen molar-refractivity contribution in [2.24, 2.45) is 17.3 Å². The van der Waals surface area contributed by atoms with Gasteiger partial charge >= 0.3 is 7.12 Å². The van der Waals surface area contributed by atoms with Crippen LogP contribution in [0.15, 0.2) is 24.3 Å². The third kappa shape index (κ3) is 1.99. The van der Waals surface area contributed by atoms with Crippen molar-refractivity contribution < 1.29 is 14.0 Å². The molecule has 1 aromatic rings. The van der Waals surface area contributed by atoms with Crippen molar-refractivity contribution in [3.05, 3.63) is 29.8 Å². The topological polar surface area (TPSA) is 27.7 Å². The molecule has 0 spiro atoms. The zero-order valence-electron chi connectivity index (χ0n) is 15.0. The highest BCUT2D eigenvalue weighted by Crippen LogP contribution is 2.65. The second-order valence-electron chi connectivity index (χ2n) is 9.02. The average molecular weight is 326 g/mol. The van der Waals surface area contributed by atoms with Gasteiger partial charge in [-0.15, -0.1) is 0 Å². The van der Waals surface area contributed by atoms with Gasteiger partial charge in [0.25, 0.3) is 0 Å². The Morgan fingerprint density at radius 2 is 2.00 bits per heavy atom. The fourth-order valence-electron chi connectivity index (χ4n) is 5.88. The molecule has 0 radical (unpaired) electrons. The third-order valence-electron chi connectivity index (χ3n) is 7.55. The quantitative estimate of drug-likeness (QED) is 0.776. The minimum absolute atomic E-state index is 0.0390. The Balaban J connectivity index is 1.25. The SMILES string of the molecule is CC1(C)C2CC3OB(CCC4COc5ccccc54)O[C@@]3(C)C1C2. The molecule has 6 rings (SSSR count). The Morgan fingerprint density at radius 3 is 2.83 bits per heavy atom. The second-order valence-corrected chi connectivity index (χ2v) is 9.02. The summed E-state index contributed by atoms with van der Waals surface area (Å²) >= 11 is 0. The molecule has 4 unspecified atom stereocenters. The van der Waals surface area contributed by atoms with Crippen LogP contribution in [0.2, 0.25) is 6.32 Å². The maximum absolute atomic E-state index is 6.52. The highest BCUT2D eigenvalue weighted by atomic mass is 16.7. The summed E-state index contributed by atoms with van der Waals surface area (Å²) < 4.78 is 18.7. The van der Waals surface area contributed by atoms with Crippen LogP contribution < -0.4 is 4.74 Å². The maximum Gasteiger partial charge on any atom is 0.457 e. The van der Waals surface area contributed by atoms with E-state index in [1.165, 1.54) is 18.4 Å². The van der Waals surface area contributed by atoms with Gasteiger partial charge < -0.3 is 14.0 Å². The number of hydrogen-bond donors (Lipinski definition) is 0. The molecule has 128 valence electrons. The predicted molar refractivity (Wildman–Crippen MR) is 94.2 cm³/mol. The van der Waals surface area contributed by atoms with Crippen LogP contribution in [-0.4, -0.2) is 25.4 Å².